The van der Waals surface area contributed by atoms with Gasteiger partial charge in [0.05, 0.1) is 11.4 Å². The molecule has 23 heavy (non-hydrogen) atoms. The van der Waals surface area contributed by atoms with E-state index in [9.17, 15) is 4.79 Å². The van der Waals surface area contributed by atoms with E-state index in [2.05, 4.69) is 11.1 Å². The van der Waals surface area contributed by atoms with Gasteiger partial charge in [0.2, 0.25) is 5.91 Å². The number of amides is 1. The summed E-state index contributed by atoms with van der Waals surface area (Å²) < 4.78 is 1.97. The van der Waals surface area contributed by atoms with Crippen LogP contribution in [-0.2, 0) is 11.2 Å². The Morgan fingerprint density at radius 1 is 1.26 bits per heavy atom. The first-order chi connectivity index (χ1) is 11.0. The number of imidazole rings is 1. The summed E-state index contributed by atoms with van der Waals surface area (Å²) in [4.78, 5) is 18.1. The molecule has 1 amide bonds. The Morgan fingerprint density at radius 2 is 2.09 bits per heavy atom. The van der Waals surface area contributed by atoms with Crippen molar-refractivity contribution in [1.29, 1.82) is 0 Å². The van der Waals surface area contributed by atoms with Gasteiger partial charge in [0.25, 0.3) is 0 Å². The molecule has 2 aromatic heterocycles. The Bertz CT molecular complexity index is 942. The molecule has 0 saturated carbocycles. The first kappa shape index (κ1) is 13.8. The summed E-state index contributed by atoms with van der Waals surface area (Å²) in [5.41, 5.74) is 12.8. The van der Waals surface area contributed by atoms with E-state index in [4.69, 9.17) is 5.73 Å². The highest BCUT2D eigenvalue weighted by Gasteiger charge is 2.22. The Morgan fingerprint density at radius 3 is 2.87 bits per heavy atom. The summed E-state index contributed by atoms with van der Waals surface area (Å²) in [5, 5.41) is 0. The summed E-state index contributed by atoms with van der Waals surface area (Å²) >= 11 is 0. The summed E-state index contributed by atoms with van der Waals surface area (Å²) in [5.74, 6) is 0.0903. The third-order valence-electron chi connectivity index (χ3n) is 4.37. The van der Waals surface area contributed by atoms with Crippen LogP contribution >= 0.6 is 0 Å². The van der Waals surface area contributed by atoms with Crippen LogP contribution in [0.5, 0.6) is 0 Å². The fraction of sp³-hybridized carbons (Fsp3) is 0.222. The Balaban J connectivity index is 1.80. The smallest absolute Gasteiger partial charge is 0.223 e. The third-order valence-corrected chi connectivity index (χ3v) is 4.37. The maximum Gasteiger partial charge on any atom is 0.223 e. The van der Waals surface area contributed by atoms with E-state index in [0.29, 0.717) is 5.69 Å². The van der Waals surface area contributed by atoms with Crippen molar-refractivity contribution >= 4 is 22.9 Å². The number of carbonyl (C=O) groups is 1. The minimum atomic E-state index is 0.0903. The van der Waals surface area contributed by atoms with Crippen molar-refractivity contribution < 1.29 is 4.79 Å². The molecular weight excluding hydrogens is 288 g/mol. The lowest BCUT2D eigenvalue weighted by Gasteiger charge is -2.14. The molecule has 0 aliphatic carbocycles. The van der Waals surface area contributed by atoms with Gasteiger partial charge in [-0.05, 0) is 42.7 Å². The van der Waals surface area contributed by atoms with Crippen LogP contribution in [0.25, 0.3) is 16.9 Å². The lowest BCUT2D eigenvalue weighted by Crippen LogP contribution is -2.25. The number of aromatic nitrogens is 2. The lowest BCUT2D eigenvalue weighted by molar-refractivity contribution is -0.116. The van der Waals surface area contributed by atoms with Crippen molar-refractivity contribution in [3.8, 4) is 11.3 Å². The number of rotatable bonds is 1. The number of pyridine rings is 1. The van der Waals surface area contributed by atoms with Gasteiger partial charge in [-0.1, -0.05) is 6.07 Å². The first-order valence-electron chi connectivity index (χ1n) is 7.69. The molecule has 0 atom stereocenters. The zero-order valence-corrected chi connectivity index (χ0v) is 13.2. The van der Waals surface area contributed by atoms with E-state index in [1.54, 1.807) is 6.92 Å². The van der Waals surface area contributed by atoms with Crippen molar-refractivity contribution in [3.05, 3.63) is 47.8 Å². The fourth-order valence-corrected chi connectivity index (χ4v) is 3.30. The average Bonchev–Trinajstić information content (AvgIpc) is 3.09. The van der Waals surface area contributed by atoms with E-state index in [1.165, 1.54) is 5.56 Å². The summed E-state index contributed by atoms with van der Waals surface area (Å²) in [6.45, 7) is 4.38. The molecule has 5 heteroatoms. The SMILES string of the molecule is CC(=O)N1CCc2cc(-c3cn4cc(C)cc(N)c4n3)ccc21. The van der Waals surface area contributed by atoms with E-state index < -0.39 is 0 Å². The molecule has 4 rings (SSSR count). The van der Waals surface area contributed by atoms with Gasteiger partial charge in [0.15, 0.2) is 5.65 Å². The third kappa shape index (κ3) is 2.16. The monoisotopic (exact) mass is 306 g/mol. The first-order valence-corrected chi connectivity index (χ1v) is 7.69. The van der Waals surface area contributed by atoms with Crippen molar-refractivity contribution in [1.82, 2.24) is 9.38 Å². The minimum absolute atomic E-state index is 0.0903. The molecular formula is C18H18N4O. The van der Waals surface area contributed by atoms with Crippen molar-refractivity contribution in [2.24, 2.45) is 0 Å². The van der Waals surface area contributed by atoms with Crippen LogP contribution in [0.1, 0.15) is 18.1 Å². The molecule has 0 fully saturated rings. The molecule has 0 saturated heterocycles. The highest BCUT2D eigenvalue weighted by atomic mass is 16.2. The number of benzene rings is 1. The number of fused-ring (bicyclic) bond motifs is 2. The molecule has 0 unspecified atom stereocenters. The predicted octanol–water partition coefficient (Wildman–Crippen LogP) is 2.80. The van der Waals surface area contributed by atoms with Crippen molar-refractivity contribution in [3.63, 3.8) is 0 Å². The Labute approximate surface area is 134 Å². The maximum absolute atomic E-state index is 11.6. The largest absolute Gasteiger partial charge is 0.396 e. The highest BCUT2D eigenvalue weighted by Crippen LogP contribution is 2.32. The van der Waals surface area contributed by atoms with Gasteiger partial charge in [-0.25, -0.2) is 4.98 Å². The molecule has 0 spiro atoms. The van der Waals surface area contributed by atoms with Crippen LogP contribution in [0.2, 0.25) is 0 Å². The highest BCUT2D eigenvalue weighted by molar-refractivity contribution is 5.94. The summed E-state index contributed by atoms with van der Waals surface area (Å²) in [6.07, 6.45) is 4.91. The fourth-order valence-electron chi connectivity index (χ4n) is 3.30. The molecule has 1 aromatic carbocycles. The molecule has 1 aliphatic rings. The number of hydrogen-bond donors (Lipinski definition) is 1. The number of hydrogen-bond acceptors (Lipinski definition) is 3. The van der Waals surface area contributed by atoms with Crippen LogP contribution in [-0.4, -0.2) is 21.8 Å². The number of nitrogens with two attached hydrogens (primary N) is 1. The zero-order valence-electron chi connectivity index (χ0n) is 13.2. The van der Waals surface area contributed by atoms with Gasteiger partial charge in [0.1, 0.15) is 0 Å². The van der Waals surface area contributed by atoms with Crippen LogP contribution in [0.15, 0.2) is 36.7 Å². The lowest BCUT2D eigenvalue weighted by atomic mass is 10.1. The summed E-state index contributed by atoms with van der Waals surface area (Å²) in [6, 6.07) is 8.09. The number of anilines is 2. The predicted molar refractivity (Wildman–Crippen MR) is 91.5 cm³/mol. The van der Waals surface area contributed by atoms with E-state index >= 15 is 0 Å². The van der Waals surface area contributed by atoms with Crippen molar-refractivity contribution in [2.75, 3.05) is 17.2 Å². The van der Waals surface area contributed by atoms with Gasteiger partial charge in [-0.15, -0.1) is 0 Å². The van der Waals surface area contributed by atoms with E-state index in [-0.39, 0.29) is 5.91 Å². The van der Waals surface area contributed by atoms with Gasteiger partial charge in [0, 0.05) is 37.1 Å². The zero-order chi connectivity index (χ0) is 16.1. The Hall–Kier alpha value is -2.82. The van der Waals surface area contributed by atoms with E-state index in [0.717, 1.165) is 41.1 Å². The molecule has 3 heterocycles. The van der Waals surface area contributed by atoms with Crippen LogP contribution in [0, 0.1) is 6.92 Å². The molecule has 116 valence electrons. The second-order valence-electron chi connectivity index (χ2n) is 6.09. The van der Waals surface area contributed by atoms with Crippen LogP contribution in [0.4, 0.5) is 11.4 Å². The molecule has 3 aromatic rings. The summed E-state index contributed by atoms with van der Waals surface area (Å²) in [7, 11) is 0. The van der Waals surface area contributed by atoms with Gasteiger partial charge in [-0.2, -0.15) is 0 Å². The second-order valence-corrected chi connectivity index (χ2v) is 6.09. The average molecular weight is 306 g/mol. The minimum Gasteiger partial charge on any atom is -0.396 e. The van der Waals surface area contributed by atoms with Gasteiger partial charge in [-0.3, -0.25) is 4.79 Å². The quantitative estimate of drug-likeness (QED) is 0.752. The Kier molecular flexibility index (Phi) is 2.91. The maximum atomic E-state index is 11.6. The van der Waals surface area contributed by atoms with Crippen LogP contribution < -0.4 is 10.6 Å². The van der Waals surface area contributed by atoms with Gasteiger partial charge >= 0.3 is 0 Å². The molecule has 0 radical (unpaired) electrons. The van der Waals surface area contributed by atoms with Crippen molar-refractivity contribution in [2.45, 2.75) is 20.3 Å². The molecule has 2 N–H and O–H groups in total. The van der Waals surface area contributed by atoms with E-state index in [1.807, 2.05) is 46.8 Å². The number of nitrogens with zero attached hydrogens (tertiary/aromatic N) is 3. The van der Waals surface area contributed by atoms with Gasteiger partial charge < -0.3 is 15.0 Å². The van der Waals surface area contributed by atoms with Crippen LogP contribution in [0.3, 0.4) is 0 Å². The molecule has 0 bridgehead atoms. The topological polar surface area (TPSA) is 63.6 Å². The normalized spacial score (nSPS) is 13.6. The molecule has 5 nitrogen and oxygen atoms in total. The second kappa shape index (κ2) is 4.84. The number of nitrogen functional groups attached to an aromatic ring is 1. The standard InChI is InChI=1S/C18H18N4O/c1-11-7-15(19)18-20-16(10-21(18)9-11)13-3-4-17-14(8-13)5-6-22(17)12(2)23/h3-4,7-10H,5-6,19H2,1-2H3. The molecule has 1 aliphatic heterocycles. The number of carbonyl (C=O) groups excluding carboxylic acids is 1. The number of aryl methyl sites for hydroxylation is 1.